The van der Waals surface area contributed by atoms with Gasteiger partial charge in [0.1, 0.15) is 11.4 Å². The molecular weight excluding hydrogens is 356 g/mol. The van der Waals surface area contributed by atoms with E-state index in [1.807, 2.05) is 16.0 Å². The van der Waals surface area contributed by atoms with Crippen molar-refractivity contribution in [3.05, 3.63) is 23.5 Å². The number of hydrogen-bond donors (Lipinski definition) is 1. The number of carbonyl (C=O) groups is 3. The fraction of sp³-hybridized carbons (Fsp3) is 0.438. The summed E-state index contributed by atoms with van der Waals surface area (Å²) in [5, 5.41) is 5.79. The van der Waals surface area contributed by atoms with Crippen molar-refractivity contribution in [1.82, 2.24) is 24.6 Å². The topological polar surface area (TPSA) is 99.4 Å². The number of rotatable bonds is 2. The van der Waals surface area contributed by atoms with Gasteiger partial charge in [-0.3, -0.25) is 18.8 Å². The van der Waals surface area contributed by atoms with E-state index in [0.717, 1.165) is 4.96 Å². The minimum atomic E-state index is -0.172. The second-order valence-corrected chi connectivity index (χ2v) is 7.12. The quantitative estimate of drug-likeness (QED) is 0.819. The zero-order valence-corrected chi connectivity index (χ0v) is 14.9. The van der Waals surface area contributed by atoms with Gasteiger partial charge in [0.25, 0.3) is 11.8 Å². The minimum absolute atomic E-state index is 0.113. The Bertz CT molecular complexity index is 872. The minimum Gasteiger partial charge on any atom is -0.336 e. The Morgan fingerprint density at radius 1 is 1.08 bits per heavy atom. The van der Waals surface area contributed by atoms with Crippen LogP contribution in [0.2, 0.25) is 0 Å². The Morgan fingerprint density at radius 2 is 1.85 bits per heavy atom. The first-order valence-corrected chi connectivity index (χ1v) is 9.36. The molecular formula is C16H18N6O3S. The third-order valence-corrected chi connectivity index (χ3v) is 5.30. The lowest BCUT2D eigenvalue weighted by molar-refractivity contribution is -0.124. The number of amides is 3. The van der Waals surface area contributed by atoms with Gasteiger partial charge in [-0.2, -0.15) is 5.10 Å². The highest BCUT2D eigenvalue weighted by Gasteiger charge is 2.27. The molecule has 2 aliphatic rings. The normalized spacial score (nSPS) is 18.5. The summed E-state index contributed by atoms with van der Waals surface area (Å²) in [6.07, 6.45) is 4.94. The van der Waals surface area contributed by atoms with E-state index < -0.39 is 0 Å². The maximum Gasteiger partial charge on any atom is 0.274 e. The highest BCUT2D eigenvalue weighted by atomic mass is 32.1. The molecule has 1 saturated heterocycles. The molecule has 26 heavy (non-hydrogen) atoms. The van der Waals surface area contributed by atoms with Crippen LogP contribution in [-0.2, 0) is 9.59 Å². The summed E-state index contributed by atoms with van der Waals surface area (Å²) in [7, 11) is 0. The third kappa shape index (κ3) is 3.19. The average molecular weight is 374 g/mol. The van der Waals surface area contributed by atoms with Crippen LogP contribution in [0.25, 0.3) is 4.96 Å². The van der Waals surface area contributed by atoms with Gasteiger partial charge in [0.15, 0.2) is 4.96 Å². The van der Waals surface area contributed by atoms with Crippen LogP contribution in [0.1, 0.15) is 29.8 Å². The number of nitrogens with one attached hydrogen (secondary N) is 1. The van der Waals surface area contributed by atoms with Crippen LogP contribution in [-0.4, -0.2) is 68.8 Å². The maximum atomic E-state index is 12.7. The number of nitrogens with zero attached hydrogens (tertiary/aromatic N) is 5. The Kier molecular flexibility index (Phi) is 4.41. The van der Waals surface area contributed by atoms with E-state index in [-0.39, 0.29) is 24.1 Å². The standard InChI is InChI=1S/C16H18N6O3S/c23-13-3-2-11(18-19-13)14(24)20-4-1-5-21(7-6-20)15(25)12-10-22-8-9-26-16(22)17-12/h8-10H,1-7H2,(H,19,23). The lowest BCUT2D eigenvalue weighted by Gasteiger charge is -2.23. The Balaban J connectivity index is 1.41. The van der Waals surface area contributed by atoms with Gasteiger partial charge in [-0.25, -0.2) is 10.4 Å². The van der Waals surface area contributed by atoms with Gasteiger partial charge in [-0.05, 0) is 6.42 Å². The van der Waals surface area contributed by atoms with E-state index in [1.165, 1.54) is 11.3 Å². The predicted octanol–water partition coefficient (Wildman–Crippen LogP) is 0.336. The fourth-order valence-electron chi connectivity index (χ4n) is 3.13. The van der Waals surface area contributed by atoms with E-state index in [4.69, 9.17) is 0 Å². The second-order valence-electron chi connectivity index (χ2n) is 6.25. The molecule has 0 saturated carbocycles. The second kappa shape index (κ2) is 6.87. The van der Waals surface area contributed by atoms with Gasteiger partial charge in [0.2, 0.25) is 5.91 Å². The highest BCUT2D eigenvalue weighted by molar-refractivity contribution is 7.15. The van der Waals surface area contributed by atoms with Gasteiger partial charge >= 0.3 is 0 Å². The summed E-state index contributed by atoms with van der Waals surface area (Å²) in [5.74, 6) is -0.451. The number of fused-ring (bicyclic) bond motifs is 1. The lowest BCUT2D eigenvalue weighted by atomic mass is 10.1. The first-order valence-electron chi connectivity index (χ1n) is 8.48. The van der Waals surface area contributed by atoms with Crippen LogP contribution in [0.3, 0.4) is 0 Å². The SMILES string of the molecule is O=C1CCC(C(=O)N2CCCN(C(=O)c3cn4ccsc4n3)CC2)=NN1. The molecule has 0 spiro atoms. The zero-order chi connectivity index (χ0) is 18.1. The van der Waals surface area contributed by atoms with Crippen molar-refractivity contribution >= 4 is 39.7 Å². The van der Waals surface area contributed by atoms with Crippen molar-refractivity contribution < 1.29 is 14.4 Å². The monoisotopic (exact) mass is 374 g/mol. The summed E-state index contributed by atoms with van der Waals surface area (Å²) in [6.45, 7) is 2.04. The Morgan fingerprint density at radius 3 is 2.54 bits per heavy atom. The number of hydrazone groups is 1. The molecule has 10 heteroatoms. The zero-order valence-electron chi connectivity index (χ0n) is 14.1. The number of hydrogen-bond acceptors (Lipinski definition) is 6. The van der Waals surface area contributed by atoms with Gasteiger partial charge in [0, 0.05) is 56.8 Å². The van der Waals surface area contributed by atoms with Crippen molar-refractivity contribution in [1.29, 1.82) is 0 Å². The molecule has 136 valence electrons. The van der Waals surface area contributed by atoms with Gasteiger partial charge in [-0.15, -0.1) is 11.3 Å². The molecule has 4 rings (SSSR count). The molecule has 0 unspecified atom stereocenters. The summed E-state index contributed by atoms with van der Waals surface area (Å²) >= 11 is 1.48. The summed E-state index contributed by atoms with van der Waals surface area (Å²) in [4.78, 5) is 45.0. The molecule has 0 radical (unpaired) electrons. The van der Waals surface area contributed by atoms with Crippen LogP contribution < -0.4 is 5.43 Å². The predicted molar refractivity (Wildman–Crippen MR) is 95.0 cm³/mol. The maximum absolute atomic E-state index is 12.7. The number of carbonyl (C=O) groups excluding carboxylic acids is 3. The molecule has 2 aromatic heterocycles. The number of aromatic nitrogens is 2. The van der Waals surface area contributed by atoms with Crippen LogP contribution in [0.15, 0.2) is 22.9 Å². The average Bonchev–Trinajstić information content (AvgIpc) is 3.15. The van der Waals surface area contributed by atoms with Crippen LogP contribution in [0.5, 0.6) is 0 Å². The summed E-state index contributed by atoms with van der Waals surface area (Å²) in [6, 6.07) is 0. The van der Waals surface area contributed by atoms with Crippen molar-refractivity contribution in [2.45, 2.75) is 19.3 Å². The number of imidazole rings is 1. The smallest absolute Gasteiger partial charge is 0.274 e. The summed E-state index contributed by atoms with van der Waals surface area (Å²) < 4.78 is 1.83. The highest BCUT2D eigenvalue weighted by Crippen LogP contribution is 2.15. The van der Waals surface area contributed by atoms with Crippen molar-refractivity contribution in [3.8, 4) is 0 Å². The van der Waals surface area contributed by atoms with E-state index in [9.17, 15) is 14.4 Å². The largest absolute Gasteiger partial charge is 0.336 e. The van der Waals surface area contributed by atoms with Crippen LogP contribution in [0.4, 0.5) is 0 Å². The molecule has 2 aromatic rings. The molecule has 0 atom stereocenters. The lowest BCUT2D eigenvalue weighted by Crippen LogP contribution is -2.42. The molecule has 0 aliphatic carbocycles. The molecule has 0 aromatic carbocycles. The van der Waals surface area contributed by atoms with Gasteiger partial charge in [-0.1, -0.05) is 0 Å². The van der Waals surface area contributed by atoms with Crippen molar-refractivity contribution in [3.63, 3.8) is 0 Å². The first-order chi connectivity index (χ1) is 12.6. The van der Waals surface area contributed by atoms with E-state index in [2.05, 4.69) is 15.5 Å². The molecule has 1 fully saturated rings. The molecule has 9 nitrogen and oxygen atoms in total. The molecule has 0 bridgehead atoms. The molecule has 2 aliphatic heterocycles. The van der Waals surface area contributed by atoms with Gasteiger partial charge in [0.05, 0.1) is 0 Å². The van der Waals surface area contributed by atoms with Crippen molar-refractivity contribution in [2.24, 2.45) is 5.10 Å². The first kappa shape index (κ1) is 16.7. The molecule has 3 amide bonds. The van der Waals surface area contributed by atoms with Crippen molar-refractivity contribution in [2.75, 3.05) is 26.2 Å². The van der Waals surface area contributed by atoms with E-state index >= 15 is 0 Å². The number of thiazole rings is 1. The third-order valence-electron chi connectivity index (χ3n) is 4.53. The van der Waals surface area contributed by atoms with Gasteiger partial charge < -0.3 is 9.80 Å². The molecule has 1 N–H and O–H groups in total. The summed E-state index contributed by atoms with van der Waals surface area (Å²) in [5.41, 5.74) is 3.15. The van der Waals surface area contributed by atoms with Crippen LogP contribution >= 0.6 is 11.3 Å². The van der Waals surface area contributed by atoms with E-state index in [0.29, 0.717) is 50.4 Å². The Labute approximate surface area is 153 Å². The molecule has 4 heterocycles. The Hall–Kier alpha value is -2.75. The van der Waals surface area contributed by atoms with Crippen LogP contribution in [0, 0.1) is 0 Å². The fourth-order valence-corrected chi connectivity index (χ4v) is 3.83. The van der Waals surface area contributed by atoms with E-state index in [1.54, 1.807) is 16.0 Å².